The van der Waals surface area contributed by atoms with E-state index in [9.17, 15) is 18.5 Å². The first-order valence-electron chi connectivity index (χ1n) is 7.82. The minimum absolute atomic E-state index is 0.102. The highest BCUT2D eigenvalue weighted by molar-refractivity contribution is 7.89. The van der Waals surface area contributed by atoms with Crippen molar-refractivity contribution in [3.8, 4) is 0 Å². The van der Waals surface area contributed by atoms with Crippen molar-refractivity contribution in [2.75, 3.05) is 11.9 Å². The number of nitrogens with zero attached hydrogens (tertiary/aromatic N) is 1. The third-order valence-electron chi connectivity index (χ3n) is 3.21. The van der Waals surface area contributed by atoms with Crippen LogP contribution in [0.4, 0.5) is 11.4 Å². The van der Waals surface area contributed by atoms with E-state index in [2.05, 4.69) is 17.0 Å². The Morgan fingerprint density at radius 1 is 1.22 bits per heavy atom. The predicted molar refractivity (Wildman–Crippen MR) is 91.2 cm³/mol. The number of unbranched alkanes of at least 4 members (excludes halogenated alkanes) is 3. The fourth-order valence-electron chi connectivity index (χ4n) is 2.13. The first-order chi connectivity index (χ1) is 10.8. The second-order valence-electron chi connectivity index (χ2n) is 5.70. The molecule has 0 aromatic heterocycles. The lowest BCUT2D eigenvalue weighted by molar-refractivity contribution is -0.384. The maximum Gasteiger partial charge on any atom is 0.293 e. The van der Waals surface area contributed by atoms with Gasteiger partial charge in [0.05, 0.1) is 9.82 Å². The molecular formula is C15H25N3O4S. The van der Waals surface area contributed by atoms with Gasteiger partial charge in [-0.3, -0.25) is 10.1 Å². The van der Waals surface area contributed by atoms with Crippen LogP contribution in [0.15, 0.2) is 23.1 Å². The van der Waals surface area contributed by atoms with Crippen LogP contribution in [0.2, 0.25) is 0 Å². The number of nitro benzene ring substituents is 1. The smallest absolute Gasteiger partial charge is 0.293 e. The van der Waals surface area contributed by atoms with Crippen LogP contribution in [0.3, 0.4) is 0 Å². The lowest BCUT2D eigenvalue weighted by Crippen LogP contribution is -2.30. The van der Waals surface area contributed by atoms with E-state index in [-0.39, 0.29) is 16.6 Å². The van der Waals surface area contributed by atoms with Crippen molar-refractivity contribution < 1.29 is 13.3 Å². The van der Waals surface area contributed by atoms with Gasteiger partial charge < -0.3 is 5.32 Å². The molecule has 7 nitrogen and oxygen atoms in total. The third-order valence-corrected chi connectivity index (χ3v) is 4.87. The number of hydrogen-bond donors (Lipinski definition) is 2. The van der Waals surface area contributed by atoms with Gasteiger partial charge in [0.1, 0.15) is 5.69 Å². The molecule has 0 amide bonds. The van der Waals surface area contributed by atoms with Crippen LogP contribution in [0.25, 0.3) is 0 Å². The maximum atomic E-state index is 12.1. The van der Waals surface area contributed by atoms with Crippen molar-refractivity contribution in [2.45, 2.75) is 57.4 Å². The molecular weight excluding hydrogens is 318 g/mol. The highest BCUT2D eigenvalue weighted by Crippen LogP contribution is 2.27. The molecule has 0 aliphatic carbocycles. The van der Waals surface area contributed by atoms with E-state index in [0.29, 0.717) is 12.2 Å². The molecule has 0 atom stereocenters. The SMILES string of the molecule is CCCCCCNc1ccc(S(=O)(=O)NC(C)C)cc1[N+](=O)[O-]. The molecule has 0 saturated heterocycles. The topological polar surface area (TPSA) is 101 Å². The first kappa shape index (κ1) is 19.4. The van der Waals surface area contributed by atoms with Crippen LogP contribution < -0.4 is 10.0 Å². The van der Waals surface area contributed by atoms with Crippen LogP contribution in [0, 0.1) is 10.1 Å². The first-order valence-corrected chi connectivity index (χ1v) is 9.31. The van der Waals surface area contributed by atoms with Gasteiger partial charge in [-0.25, -0.2) is 13.1 Å². The van der Waals surface area contributed by atoms with E-state index < -0.39 is 14.9 Å². The Hall–Kier alpha value is -1.67. The summed E-state index contributed by atoms with van der Waals surface area (Å²) in [4.78, 5) is 10.5. The standard InChI is InChI=1S/C15H25N3O4S/c1-4-5-6-7-10-16-14-9-8-13(11-15(14)18(19)20)23(21,22)17-12(2)3/h8-9,11-12,16-17H,4-7,10H2,1-3H3. The van der Waals surface area contributed by atoms with Crippen molar-refractivity contribution in [3.05, 3.63) is 28.3 Å². The van der Waals surface area contributed by atoms with Gasteiger partial charge in [0.15, 0.2) is 0 Å². The Balaban J connectivity index is 2.92. The van der Waals surface area contributed by atoms with Crippen LogP contribution in [-0.4, -0.2) is 25.9 Å². The molecule has 8 heteroatoms. The highest BCUT2D eigenvalue weighted by Gasteiger charge is 2.21. The summed E-state index contributed by atoms with van der Waals surface area (Å²) in [6.45, 7) is 6.12. The van der Waals surface area contributed by atoms with E-state index in [1.165, 1.54) is 12.1 Å². The summed E-state index contributed by atoms with van der Waals surface area (Å²) in [6.07, 6.45) is 4.22. The maximum absolute atomic E-state index is 12.1. The average Bonchev–Trinajstić information content (AvgIpc) is 2.45. The van der Waals surface area contributed by atoms with Crippen molar-refractivity contribution in [2.24, 2.45) is 0 Å². The van der Waals surface area contributed by atoms with Gasteiger partial charge in [0, 0.05) is 18.7 Å². The normalized spacial score (nSPS) is 11.7. The zero-order chi connectivity index (χ0) is 17.5. The number of sulfonamides is 1. The van der Waals surface area contributed by atoms with Gasteiger partial charge in [-0.2, -0.15) is 0 Å². The summed E-state index contributed by atoms with van der Waals surface area (Å²) in [5.74, 6) is 0. The number of rotatable bonds is 10. The molecule has 2 N–H and O–H groups in total. The second kappa shape index (κ2) is 8.83. The number of benzene rings is 1. The Morgan fingerprint density at radius 3 is 2.48 bits per heavy atom. The van der Waals surface area contributed by atoms with Crippen molar-refractivity contribution in [1.29, 1.82) is 0 Å². The lowest BCUT2D eigenvalue weighted by atomic mass is 10.2. The Kier molecular flexibility index (Phi) is 7.44. The minimum Gasteiger partial charge on any atom is -0.379 e. The number of hydrogen-bond acceptors (Lipinski definition) is 5. The van der Waals surface area contributed by atoms with E-state index in [0.717, 1.165) is 31.7 Å². The highest BCUT2D eigenvalue weighted by atomic mass is 32.2. The molecule has 0 spiro atoms. The Labute approximate surface area is 137 Å². The zero-order valence-corrected chi connectivity index (χ0v) is 14.6. The number of nitro groups is 1. The molecule has 130 valence electrons. The number of anilines is 1. The van der Waals surface area contributed by atoms with Gasteiger partial charge in [0.25, 0.3) is 5.69 Å². The molecule has 0 fully saturated rings. The van der Waals surface area contributed by atoms with Crippen LogP contribution in [-0.2, 0) is 10.0 Å². The van der Waals surface area contributed by atoms with Crippen LogP contribution in [0.5, 0.6) is 0 Å². The zero-order valence-electron chi connectivity index (χ0n) is 13.8. The summed E-state index contributed by atoms with van der Waals surface area (Å²) in [7, 11) is -3.75. The summed E-state index contributed by atoms with van der Waals surface area (Å²) in [6, 6.07) is 3.65. The molecule has 0 radical (unpaired) electrons. The summed E-state index contributed by atoms with van der Waals surface area (Å²) in [5, 5.41) is 14.2. The molecule has 0 aliphatic heterocycles. The average molecular weight is 343 g/mol. The fraction of sp³-hybridized carbons (Fsp3) is 0.600. The van der Waals surface area contributed by atoms with E-state index >= 15 is 0 Å². The number of nitrogens with one attached hydrogen (secondary N) is 2. The van der Waals surface area contributed by atoms with Gasteiger partial charge in [-0.05, 0) is 32.4 Å². The van der Waals surface area contributed by atoms with Gasteiger partial charge in [-0.1, -0.05) is 26.2 Å². The van der Waals surface area contributed by atoms with Gasteiger partial charge >= 0.3 is 0 Å². The van der Waals surface area contributed by atoms with Crippen LogP contribution >= 0.6 is 0 Å². The summed E-state index contributed by atoms with van der Waals surface area (Å²) in [5.41, 5.74) is 0.113. The molecule has 1 rings (SSSR count). The molecule has 1 aromatic rings. The summed E-state index contributed by atoms with van der Waals surface area (Å²) < 4.78 is 26.6. The minimum atomic E-state index is -3.75. The molecule has 0 heterocycles. The van der Waals surface area contributed by atoms with Crippen molar-refractivity contribution >= 4 is 21.4 Å². The second-order valence-corrected chi connectivity index (χ2v) is 7.41. The molecule has 0 aliphatic rings. The lowest BCUT2D eigenvalue weighted by Gasteiger charge is -2.11. The van der Waals surface area contributed by atoms with E-state index in [4.69, 9.17) is 0 Å². The third kappa shape index (κ3) is 6.15. The Bertz CT molecular complexity index is 630. The quantitative estimate of drug-likeness (QED) is 0.386. The molecule has 0 saturated carbocycles. The molecule has 23 heavy (non-hydrogen) atoms. The Morgan fingerprint density at radius 2 is 1.91 bits per heavy atom. The monoisotopic (exact) mass is 343 g/mol. The molecule has 0 bridgehead atoms. The van der Waals surface area contributed by atoms with Crippen LogP contribution in [0.1, 0.15) is 46.5 Å². The molecule has 0 unspecified atom stereocenters. The van der Waals surface area contributed by atoms with Crippen molar-refractivity contribution in [3.63, 3.8) is 0 Å². The van der Waals surface area contributed by atoms with E-state index in [1.807, 2.05) is 0 Å². The summed E-state index contributed by atoms with van der Waals surface area (Å²) >= 11 is 0. The molecule has 1 aromatic carbocycles. The van der Waals surface area contributed by atoms with Crippen molar-refractivity contribution in [1.82, 2.24) is 4.72 Å². The van der Waals surface area contributed by atoms with Gasteiger partial charge in [0.2, 0.25) is 10.0 Å². The predicted octanol–water partition coefficient (Wildman–Crippen LogP) is 3.27. The largest absolute Gasteiger partial charge is 0.379 e. The van der Waals surface area contributed by atoms with E-state index in [1.54, 1.807) is 13.8 Å². The fourth-order valence-corrected chi connectivity index (χ4v) is 3.40. The van der Waals surface area contributed by atoms with Gasteiger partial charge in [-0.15, -0.1) is 0 Å².